The number of fused-ring (bicyclic) bond motifs is 2. The first-order valence-corrected chi connectivity index (χ1v) is 5.67. The number of hydrogen-bond donors (Lipinski definition) is 1. The number of ether oxygens (including phenoxy) is 2. The third-order valence-electron chi connectivity index (χ3n) is 2.99. The van der Waals surface area contributed by atoms with Crippen LogP contribution in [0.2, 0.25) is 0 Å². The van der Waals surface area contributed by atoms with Crippen molar-refractivity contribution in [2.45, 2.75) is 19.8 Å². The van der Waals surface area contributed by atoms with Crippen LogP contribution in [0.4, 0.5) is 0 Å². The van der Waals surface area contributed by atoms with Crippen molar-refractivity contribution in [2.75, 3.05) is 6.79 Å². The fourth-order valence-corrected chi connectivity index (χ4v) is 2.24. The van der Waals surface area contributed by atoms with Gasteiger partial charge in [0.15, 0.2) is 11.5 Å². The number of carboxylic acids is 1. The van der Waals surface area contributed by atoms with Crippen LogP contribution in [0.25, 0.3) is 11.0 Å². The van der Waals surface area contributed by atoms with Gasteiger partial charge in [-0.15, -0.1) is 0 Å². The Morgan fingerprint density at radius 1 is 1.28 bits per heavy atom. The maximum Gasteiger partial charge on any atom is 0.372 e. The van der Waals surface area contributed by atoms with Crippen molar-refractivity contribution in [2.24, 2.45) is 0 Å². The molecule has 0 aliphatic carbocycles. The summed E-state index contributed by atoms with van der Waals surface area (Å²) in [7, 11) is 0. The standard InChI is InChI=1S/C13H12O5/c1-6(2)11-7-3-9-10(17-5-16-9)4-8(7)18-12(11)13(14)15/h3-4,6H,5H2,1-2H3,(H,14,15). The summed E-state index contributed by atoms with van der Waals surface area (Å²) in [6, 6.07) is 3.46. The van der Waals surface area contributed by atoms with Crippen LogP contribution >= 0.6 is 0 Å². The molecule has 5 nitrogen and oxygen atoms in total. The predicted octanol–water partition coefficient (Wildman–Crippen LogP) is 2.98. The zero-order valence-electron chi connectivity index (χ0n) is 10.0. The van der Waals surface area contributed by atoms with Gasteiger partial charge in [-0.2, -0.15) is 0 Å². The van der Waals surface area contributed by atoms with Crippen LogP contribution in [0, 0.1) is 0 Å². The first-order valence-electron chi connectivity index (χ1n) is 5.67. The molecule has 2 aromatic rings. The largest absolute Gasteiger partial charge is 0.475 e. The van der Waals surface area contributed by atoms with Crippen LogP contribution < -0.4 is 9.47 Å². The normalized spacial score (nSPS) is 13.5. The van der Waals surface area contributed by atoms with Gasteiger partial charge in [-0.3, -0.25) is 0 Å². The Bertz CT molecular complexity index is 638. The Kier molecular flexibility index (Phi) is 2.23. The maximum absolute atomic E-state index is 11.2. The lowest BCUT2D eigenvalue weighted by Crippen LogP contribution is -2.00. The van der Waals surface area contributed by atoms with E-state index in [4.69, 9.17) is 19.0 Å². The molecule has 5 heteroatoms. The first-order chi connectivity index (χ1) is 8.58. The van der Waals surface area contributed by atoms with Crippen LogP contribution in [0.15, 0.2) is 16.5 Å². The van der Waals surface area contributed by atoms with E-state index in [0.29, 0.717) is 22.6 Å². The molecule has 18 heavy (non-hydrogen) atoms. The summed E-state index contributed by atoms with van der Waals surface area (Å²) in [4.78, 5) is 11.2. The lowest BCUT2D eigenvalue weighted by Gasteiger charge is -2.03. The molecule has 1 aliphatic rings. The van der Waals surface area contributed by atoms with Crippen LogP contribution in [0.1, 0.15) is 35.9 Å². The van der Waals surface area contributed by atoms with Gasteiger partial charge in [-0.1, -0.05) is 13.8 Å². The highest BCUT2D eigenvalue weighted by Gasteiger charge is 2.25. The monoisotopic (exact) mass is 248 g/mol. The molecule has 1 aromatic carbocycles. The molecule has 3 rings (SSSR count). The van der Waals surface area contributed by atoms with Crippen LogP contribution in [0.3, 0.4) is 0 Å². The third-order valence-corrected chi connectivity index (χ3v) is 2.99. The Labute approximate surface area is 103 Å². The van der Waals surface area contributed by atoms with Gasteiger partial charge in [0, 0.05) is 17.0 Å². The molecule has 0 spiro atoms. The van der Waals surface area contributed by atoms with E-state index in [0.717, 1.165) is 5.39 Å². The minimum atomic E-state index is -1.06. The fraction of sp³-hybridized carbons (Fsp3) is 0.308. The SMILES string of the molecule is CC(C)c1c(C(=O)O)oc2cc3c(cc12)OCO3. The molecule has 94 valence electrons. The van der Waals surface area contributed by atoms with Gasteiger partial charge >= 0.3 is 5.97 Å². The summed E-state index contributed by atoms with van der Waals surface area (Å²) in [6.07, 6.45) is 0. The van der Waals surface area contributed by atoms with E-state index >= 15 is 0 Å². The maximum atomic E-state index is 11.2. The van der Waals surface area contributed by atoms with Gasteiger partial charge in [-0.25, -0.2) is 4.79 Å². The molecular formula is C13H12O5. The number of hydrogen-bond acceptors (Lipinski definition) is 4. The second-order valence-electron chi connectivity index (χ2n) is 4.51. The van der Waals surface area contributed by atoms with Crippen LogP contribution in [-0.4, -0.2) is 17.9 Å². The summed E-state index contributed by atoms with van der Waals surface area (Å²) < 4.78 is 16.0. The predicted molar refractivity (Wildman–Crippen MR) is 63.4 cm³/mol. The highest BCUT2D eigenvalue weighted by atomic mass is 16.7. The molecule has 0 bridgehead atoms. The van der Waals surface area contributed by atoms with Gasteiger partial charge in [0.25, 0.3) is 0 Å². The van der Waals surface area contributed by atoms with E-state index in [1.165, 1.54) is 0 Å². The van der Waals surface area contributed by atoms with Crippen molar-refractivity contribution >= 4 is 16.9 Å². The average Bonchev–Trinajstić information content (AvgIpc) is 2.87. The molecule has 1 aliphatic heterocycles. The minimum Gasteiger partial charge on any atom is -0.475 e. The van der Waals surface area contributed by atoms with Crippen molar-refractivity contribution in [1.29, 1.82) is 0 Å². The van der Waals surface area contributed by atoms with Crippen molar-refractivity contribution in [3.63, 3.8) is 0 Å². The number of rotatable bonds is 2. The summed E-state index contributed by atoms with van der Waals surface area (Å²) in [5.41, 5.74) is 1.20. The van der Waals surface area contributed by atoms with E-state index < -0.39 is 5.97 Å². The second-order valence-corrected chi connectivity index (χ2v) is 4.51. The summed E-state index contributed by atoms with van der Waals surface area (Å²) >= 11 is 0. The second kappa shape index (κ2) is 3.66. The highest BCUT2D eigenvalue weighted by Crippen LogP contribution is 2.41. The molecule has 0 radical (unpaired) electrons. The number of carboxylic acid groups (broad SMARTS) is 1. The topological polar surface area (TPSA) is 68.9 Å². The van der Waals surface area contributed by atoms with Gasteiger partial charge < -0.3 is 19.0 Å². The van der Waals surface area contributed by atoms with Crippen molar-refractivity contribution < 1.29 is 23.8 Å². The molecule has 1 N–H and O–H groups in total. The average molecular weight is 248 g/mol. The lowest BCUT2D eigenvalue weighted by molar-refractivity contribution is 0.0662. The van der Waals surface area contributed by atoms with E-state index in [1.807, 2.05) is 13.8 Å². The number of furan rings is 1. The van der Waals surface area contributed by atoms with Crippen LogP contribution in [0.5, 0.6) is 11.5 Å². The molecule has 0 fully saturated rings. The summed E-state index contributed by atoms with van der Waals surface area (Å²) in [5, 5.41) is 9.94. The van der Waals surface area contributed by atoms with E-state index in [2.05, 4.69) is 0 Å². The van der Waals surface area contributed by atoms with Gasteiger partial charge in [0.1, 0.15) is 5.58 Å². The molecule has 0 amide bonds. The Morgan fingerprint density at radius 3 is 2.56 bits per heavy atom. The van der Waals surface area contributed by atoms with E-state index in [9.17, 15) is 4.79 Å². The molecule has 1 aromatic heterocycles. The first kappa shape index (κ1) is 11.0. The number of aromatic carboxylic acids is 1. The van der Waals surface area contributed by atoms with Gasteiger partial charge in [0.2, 0.25) is 12.6 Å². The molecule has 2 heterocycles. The van der Waals surface area contributed by atoms with Crippen molar-refractivity contribution in [3.8, 4) is 11.5 Å². The molecule has 0 unspecified atom stereocenters. The Morgan fingerprint density at radius 2 is 1.94 bits per heavy atom. The highest BCUT2D eigenvalue weighted by molar-refractivity contribution is 5.96. The molecule has 0 saturated carbocycles. The van der Waals surface area contributed by atoms with Crippen LogP contribution in [-0.2, 0) is 0 Å². The molecular weight excluding hydrogens is 236 g/mol. The van der Waals surface area contributed by atoms with Crippen molar-refractivity contribution in [1.82, 2.24) is 0 Å². The minimum absolute atomic E-state index is 0.0105. The van der Waals surface area contributed by atoms with E-state index in [1.54, 1.807) is 12.1 Å². The van der Waals surface area contributed by atoms with Gasteiger partial charge in [-0.05, 0) is 12.0 Å². The quantitative estimate of drug-likeness (QED) is 0.884. The van der Waals surface area contributed by atoms with Crippen molar-refractivity contribution in [3.05, 3.63) is 23.5 Å². The number of carbonyl (C=O) groups is 1. The van der Waals surface area contributed by atoms with E-state index in [-0.39, 0.29) is 18.5 Å². The Balaban J connectivity index is 2.33. The molecule has 0 saturated heterocycles. The third kappa shape index (κ3) is 1.44. The zero-order chi connectivity index (χ0) is 12.9. The smallest absolute Gasteiger partial charge is 0.372 e. The summed E-state index contributed by atoms with van der Waals surface area (Å²) in [5.74, 6) is 0.198. The Hall–Kier alpha value is -2.17. The lowest BCUT2D eigenvalue weighted by atomic mass is 9.99. The van der Waals surface area contributed by atoms with Gasteiger partial charge in [0.05, 0.1) is 0 Å². The summed E-state index contributed by atoms with van der Waals surface area (Å²) in [6.45, 7) is 4.05. The molecule has 0 atom stereocenters. The number of benzene rings is 1. The fourth-order valence-electron chi connectivity index (χ4n) is 2.24. The zero-order valence-corrected chi connectivity index (χ0v) is 10.0.